The van der Waals surface area contributed by atoms with Gasteiger partial charge in [0.1, 0.15) is 0 Å². The van der Waals surface area contributed by atoms with Gasteiger partial charge in [0.15, 0.2) is 0 Å². The molecule has 1 rings (SSSR count). The van der Waals surface area contributed by atoms with Gasteiger partial charge in [-0.25, -0.2) is 0 Å². The summed E-state index contributed by atoms with van der Waals surface area (Å²) in [5.74, 6) is 1.87. The van der Waals surface area contributed by atoms with Crippen LogP contribution in [0.4, 0.5) is 0 Å². The first-order valence-corrected chi connectivity index (χ1v) is 6.29. The van der Waals surface area contributed by atoms with Crippen molar-refractivity contribution in [3.8, 4) is 0 Å². The number of hydrogen-bond donors (Lipinski definition) is 1. The molecule has 2 heteroatoms. The minimum atomic E-state index is 0.272. The average molecular weight is 211 g/mol. The van der Waals surface area contributed by atoms with E-state index in [-0.39, 0.29) is 5.92 Å². The molecule has 2 atom stereocenters. The third-order valence-electron chi connectivity index (χ3n) is 3.09. The number of carbonyl (C=O) groups is 1. The van der Waals surface area contributed by atoms with Crippen LogP contribution in [0.2, 0.25) is 0 Å². The summed E-state index contributed by atoms with van der Waals surface area (Å²) in [6.07, 6.45) is 4.42. The number of rotatable bonds is 4. The number of piperidine rings is 1. The zero-order valence-electron chi connectivity index (χ0n) is 10.5. The van der Waals surface area contributed by atoms with Crippen LogP contribution in [0.15, 0.2) is 0 Å². The molecule has 0 aromatic heterocycles. The molecule has 1 N–H and O–H groups in total. The Morgan fingerprint density at radius 2 is 1.73 bits per heavy atom. The van der Waals surface area contributed by atoms with Crippen molar-refractivity contribution >= 4 is 5.91 Å². The molecule has 15 heavy (non-hydrogen) atoms. The van der Waals surface area contributed by atoms with Crippen molar-refractivity contribution in [3.05, 3.63) is 0 Å². The van der Waals surface area contributed by atoms with E-state index in [1.165, 1.54) is 6.42 Å². The maximum absolute atomic E-state index is 11.8. The van der Waals surface area contributed by atoms with Gasteiger partial charge in [0.25, 0.3) is 0 Å². The van der Waals surface area contributed by atoms with E-state index in [1.54, 1.807) is 0 Å². The largest absolute Gasteiger partial charge is 0.353 e. The van der Waals surface area contributed by atoms with E-state index in [0.29, 0.717) is 23.8 Å². The fourth-order valence-corrected chi connectivity index (χ4v) is 2.46. The molecular weight excluding hydrogens is 186 g/mol. The zero-order valence-corrected chi connectivity index (χ0v) is 10.5. The molecule has 88 valence electrons. The van der Waals surface area contributed by atoms with E-state index < -0.39 is 0 Å². The van der Waals surface area contributed by atoms with E-state index >= 15 is 0 Å². The van der Waals surface area contributed by atoms with E-state index in [4.69, 9.17) is 0 Å². The molecule has 0 aliphatic carbocycles. The molecule has 1 aliphatic rings. The standard InChI is InChI=1S/C13H25NO/c1-9(2)7-11-5-6-12(8-10(3)4)14-13(11)15/h9-12H,5-8H2,1-4H3,(H,14,15)/t11-,12-/m1/s1. The van der Waals surface area contributed by atoms with Crippen LogP contribution in [-0.2, 0) is 4.79 Å². The van der Waals surface area contributed by atoms with Gasteiger partial charge in [-0.05, 0) is 37.5 Å². The van der Waals surface area contributed by atoms with Crippen LogP contribution >= 0.6 is 0 Å². The van der Waals surface area contributed by atoms with Gasteiger partial charge >= 0.3 is 0 Å². The lowest BCUT2D eigenvalue weighted by atomic mass is 9.85. The lowest BCUT2D eigenvalue weighted by Gasteiger charge is -2.30. The maximum atomic E-state index is 11.8. The number of nitrogens with one attached hydrogen (secondary N) is 1. The summed E-state index contributed by atoms with van der Waals surface area (Å²) in [7, 11) is 0. The molecule has 0 aromatic rings. The molecule has 1 saturated heterocycles. The minimum Gasteiger partial charge on any atom is -0.353 e. The van der Waals surface area contributed by atoms with Crippen LogP contribution in [0.3, 0.4) is 0 Å². The number of carbonyl (C=O) groups excluding carboxylic acids is 1. The molecule has 0 spiro atoms. The predicted molar refractivity (Wildman–Crippen MR) is 63.6 cm³/mol. The quantitative estimate of drug-likeness (QED) is 0.761. The molecule has 1 aliphatic heterocycles. The first kappa shape index (κ1) is 12.5. The van der Waals surface area contributed by atoms with Crippen LogP contribution < -0.4 is 5.32 Å². The lowest BCUT2D eigenvalue weighted by molar-refractivity contribution is -0.128. The van der Waals surface area contributed by atoms with Gasteiger partial charge in [-0.3, -0.25) is 4.79 Å². The molecule has 0 saturated carbocycles. The zero-order chi connectivity index (χ0) is 11.4. The summed E-state index contributed by atoms with van der Waals surface area (Å²) in [4.78, 5) is 11.8. The highest BCUT2D eigenvalue weighted by atomic mass is 16.2. The Morgan fingerprint density at radius 3 is 2.20 bits per heavy atom. The number of hydrogen-bond acceptors (Lipinski definition) is 1. The monoisotopic (exact) mass is 211 g/mol. The van der Waals surface area contributed by atoms with E-state index in [0.717, 1.165) is 19.3 Å². The van der Waals surface area contributed by atoms with Crippen molar-refractivity contribution in [2.45, 2.75) is 59.4 Å². The lowest BCUT2D eigenvalue weighted by Crippen LogP contribution is -2.44. The van der Waals surface area contributed by atoms with Crippen molar-refractivity contribution in [2.75, 3.05) is 0 Å². The molecule has 2 nitrogen and oxygen atoms in total. The van der Waals surface area contributed by atoms with Gasteiger partial charge in [-0.1, -0.05) is 27.7 Å². The van der Waals surface area contributed by atoms with Gasteiger partial charge in [0.05, 0.1) is 0 Å². The first-order valence-electron chi connectivity index (χ1n) is 6.29. The predicted octanol–water partition coefficient (Wildman–Crippen LogP) is 2.97. The summed E-state index contributed by atoms with van der Waals surface area (Å²) in [5.41, 5.74) is 0. The first-order chi connectivity index (χ1) is 6.99. The molecule has 1 amide bonds. The van der Waals surface area contributed by atoms with Gasteiger partial charge < -0.3 is 5.32 Å². The highest BCUT2D eigenvalue weighted by molar-refractivity contribution is 5.79. The van der Waals surface area contributed by atoms with Crippen molar-refractivity contribution in [3.63, 3.8) is 0 Å². The van der Waals surface area contributed by atoms with Gasteiger partial charge in [0.2, 0.25) is 5.91 Å². The van der Waals surface area contributed by atoms with Crippen LogP contribution in [0.1, 0.15) is 53.4 Å². The third-order valence-corrected chi connectivity index (χ3v) is 3.09. The van der Waals surface area contributed by atoms with Crippen molar-refractivity contribution in [2.24, 2.45) is 17.8 Å². The Bertz CT molecular complexity index is 211. The van der Waals surface area contributed by atoms with E-state index in [1.807, 2.05) is 0 Å². The Hall–Kier alpha value is -0.530. The summed E-state index contributed by atoms with van der Waals surface area (Å²) in [6.45, 7) is 8.81. The third kappa shape index (κ3) is 4.23. The van der Waals surface area contributed by atoms with Gasteiger partial charge in [-0.2, -0.15) is 0 Å². The topological polar surface area (TPSA) is 29.1 Å². The van der Waals surface area contributed by atoms with Gasteiger partial charge in [0, 0.05) is 12.0 Å². The van der Waals surface area contributed by atoms with Crippen LogP contribution in [0.25, 0.3) is 0 Å². The molecule has 0 bridgehead atoms. The van der Waals surface area contributed by atoms with Crippen LogP contribution in [0, 0.1) is 17.8 Å². The fourth-order valence-electron chi connectivity index (χ4n) is 2.46. The second-order valence-corrected chi connectivity index (χ2v) is 5.74. The molecule has 0 unspecified atom stereocenters. The molecule has 0 radical (unpaired) electrons. The minimum absolute atomic E-state index is 0.272. The molecular formula is C13H25NO. The normalized spacial score (nSPS) is 27.2. The smallest absolute Gasteiger partial charge is 0.223 e. The van der Waals surface area contributed by atoms with E-state index in [9.17, 15) is 4.79 Å². The second kappa shape index (κ2) is 5.53. The van der Waals surface area contributed by atoms with E-state index in [2.05, 4.69) is 33.0 Å². The Kier molecular flexibility index (Phi) is 4.62. The summed E-state index contributed by atoms with van der Waals surface area (Å²) >= 11 is 0. The second-order valence-electron chi connectivity index (χ2n) is 5.74. The average Bonchev–Trinajstić information content (AvgIpc) is 2.08. The molecule has 0 aromatic carbocycles. The van der Waals surface area contributed by atoms with Crippen molar-refractivity contribution in [1.82, 2.24) is 5.32 Å². The van der Waals surface area contributed by atoms with Crippen LogP contribution in [-0.4, -0.2) is 11.9 Å². The van der Waals surface area contributed by atoms with Gasteiger partial charge in [-0.15, -0.1) is 0 Å². The summed E-state index contributed by atoms with van der Waals surface area (Å²) in [5, 5.41) is 3.16. The highest BCUT2D eigenvalue weighted by Gasteiger charge is 2.28. The fraction of sp³-hybridized carbons (Fsp3) is 0.923. The maximum Gasteiger partial charge on any atom is 0.223 e. The summed E-state index contributed by atoms with van der Waals surface area (Å²) in [6, 6.07) is 0.431. The Morgan fingerprint density at radius 1 is 1.13 bits per heavy atom. The van der Waals surface area contributed by atoms with Crippen LogP contribution in [0.5, 0.6) is 0 Å². The number of amides is 1. The van der Waals surface area contributed by atoms with Crippen molar-refractivity contribution < 1.29 is 4.79 Å². The summed E-state index contributed by atoms with van der Waals surface area (Å²) < 4.78 is 0. The van der Waals surface area contributed by atoms with Crippen molar-refractivity contribution in [1.29, 1.82) is 0 Å². The highest BCUT2D eigenvalue weighted by Crippen LogP contribution is 2.24. The molecule has 1 heterocycles. The SMILES string of the molecule is CC(C)C[C@H]1CC[C@H](CC(C)C)C(=O)N1. The Labute approximate surface area is 93.8 Å². The Balaban J connectivity index is 2.37. The molecule has 1 fully saturated rings.